The Morgan fingerprint density at radius 3 is 2.18 bits per heavy atom. The van der Waals surface area contributed by atoms with Crippen LogP contribution in [0.25, 0.3) is 0 Å². The van der Waals surface area contributed by atoms with E-state index >= 15 is 0 Å². The Labute approximate surface area is 103 Å². The Morgan fingerprint density at radius 2 is 1.76 bits per heavy atom. The Kier molecular flexibility index (Phi) is 4.93. The van der Waals surface area contributed by atoms with Crippen LogP contribution in [0.1, 0.15) is 12.5 Å². The zero-order valence-electron chi connectivity index (χ0n) is 11.0. The van der Waals surface area contributed by atoms with Gasteiger partial charge in [0.25, 0.3) is 0 Å². The fraction of sp³-hybridized carbons (Fsp3) is 0.538. The highest BCUT2D eigenvalue weighted by atomic mass is 16.7. The molecule has 4 nitrogen and oxygen atoms in total. The van der Waals surface area contributed by atoms with Crippen LogP contribution in [0, 0.1) is 6.92 Å². The van der Waals surface area contributed by atoms with Crippen LogP contribution < -0.4 is 11.1 Å². The lowest BCUT2D eigenvalue weighted by atomic mass is 10.0. The normalized spacial score (nSPS) is 14.7. The lowest BCUT2D eigenvalue weighted by molar-refractivity contribution is -0.134. The molecular weight excluding hydrogens is 216 g/mol. The van der Waals surface area contributed by atoms with E-state index in [0.717, 1.165) is 5.69 Å². The van der Waals surface area contributed by atoms with Crippen molar-refractivity contribution in [3.63, 3.8) is 0 Å². The van der Waals surface area contributed by atoms with Gasteiger partial charge in [-0.1, -0.05) is 17.7 Å². The zero-order valence-corrected chi connectivity index (χ0v) is 11.0. The molecule has 0 bridgehead atoms. The third kappa shape index (κ3) is 3.43. The van der Waals surface area contributed by atoms with E-state index in [1.807, 2.05) is 31.2 Å². The Hall–Kier alpha value is -1.10. The molecule has 0 aliphatic carbocycles. The molecule has 0 spiro atoms. The van der Waals surface area contributed by atoms with Crippen LogP contribution in [0.15, 0.2) is 24.3 Å². The van der Waals surface area contributed by atoms with Gasteiger partial charge in [0.15, 0.2) is 6.29 Å². The maximum Gasteiger partial charge on any atom is 0.180 e. The molecule has 3 N–H and O–H groups in total. The molecule has 1 aromatic rings. The van der Waals surface area contributed by atoms with Crippen LogP contribution in [0.2, 0.25) is 0 Å². The van der Waals surface area contributed by atoms with Gasteiger partial charge in [-0.05, 0) is 26.0 Å². The molecule has 17 heavy (non-hydrogen) atoms. The standard InChI is InChI=1S/C13H22N2O2/c1-10-5-7-11(8-6-10)15-13(2,9-14)12(16-3)17-4/h5-8,12,15H,9,14H2,1-4H3. The molecule has 0 saturated heterocycles. The minimum Gasteiger partial charge on any atom is -0.374 e. The number of ether oxygens (including phenoxy) is 2. The highest BCUT2D eigenvalue weighted by molar-refractivity contribution is 5.47. The van der Waals surface area contributed by atoms with E-state index < -0.39 is 11.8 Å². The minimum atomic E-state index is -0.460. The first-order valence-electron chi connectivity index (χ1n) is 5.66. The predicted molar refractivity (Wildman–Crippen MR) is 70.1 cm³/mol. The highest BCUT2D eigenvalue weighted by Gasteiger charge is 2.33. The maximum atomic E-state index is 5.81. The molecule has 0 radical (unpaired) electrons. The van der Waals surface area contributed by atoms with Gasteiger partial charge in [-0.3, -0.25) is 0 Å². The second-order valence-corrected chi connectivity index (χ2v) is 4.42. The smallest absolute Gasteiger partial charge is 0.180 e. The molecule has 1 aromatic carbocycles. The quantitative estimate of drug-likeness (QED) is 0.741. The minimum absolute atomic E-state index is 0.395. The van der Waals surface area contributed by atoms with Crippen molar-refractivity contribution in [2.24, 2.45) is 5.73 Å². The van der Waals surface area contributed by atoms with Crippen LogP contribution in [-0.2, 0) is 9.47 Å². The molecule has 1 atom stereocenters. The van der Waals surface area contributed by atoms with Gasteiger partial charge in [-0.15, -0.1) is 0 Å². The van der Waals surface area contributed by atoms with E-state index in [0.29, 0.717) is 6.54 Å². The maximum absolute atomic E-state index is 5.81. The van der Waals surface area contributed by atoms with E-state index in [4.69, 9.17) is 15.2 Å². The van der Waals surface area contributed by atoms with Crippen LogP contribution >= 0.6 is 0 Å². The summed E-state index contributed by atoms with van der Waals surface area (Å²) in [5.74, 6) is 0. The molecule has 0 saturated carbocycles. The van der Waals surface area contributed by atoms with E-state index in [2.05, 4.69) is 12.2 Å². The van der Waals surface area contributed by atoms with Crippen LogP contribution in [0.5, 0.6) is 0 Å². The van der Waals surface area contributed by atoms with Gasteiger partial charge in [0, 0.05) is 26.5 Å². The summed E-state index contributed by atoms with van der Waals surface area (Å²) >= 11 is 0. The Morgan fingerprint density at radius 1 is 1.24 bits per heavy atom. The number of methoxy groups -OCH3 is 2. The summed E-state index contributed by atoms with van der Waals surface area (Å²) in [5.41, 5.74) is 7.58. The van der Waals surface area contributed by atoms with E-state index in [1.54, 1.807) is 14.2 Å². The zero-order chi connectivity index (χ0) is 12.9. The number of hydrogen-bond acceptors (Lipinski definition) is 4. The predicted octanol–water partition coefficient (Wildman–Crippen LogP) is 1.74. The largest absolute Gasteiger partial charge is 0.374 e. The molecular formula is C13H22N2O2. The lowest BCUT2D eigenvalue weighted by Gasteiger charge is -2.36. The molecule has 0 aromatic heterocycles. The van der Waals surface area contributed by atoms with Gasteiger partial charge in [-0.2, -0.15) is 0 Å². The van der Waals surface area contributed by atoms with E-state index in [-0.39, 0.29) is 0 Å². The van der Waals surface area contributed by atoms with Crippen molar-refractivity contribution >= 4 is 5.69 Å². The third-order valence-electron chi connectivity index (χ3n) is 2.85. The molecule has 1 rings (SSSR count). The first kappa shape index (κ1) is 14.0. The fourth-order valence-electron chi connectivity index (χ4n) is 1.79. The molecule has 1 unspecified atom stereocenters. The van der Waals surface area contributed by atoms with Crippen molar-refractivity contribution in [3.8, 4) is 0 Å². The Bertz CT molecular complexity index is 336. The van der Waals surface area contributed by atoms with Gasteiger partial charge < -0.3 is 20.5 Å². The molecule has 96 valence electrons. The van der Waals surface area contributed by atoms with Gasteiger partial charge >= 0.3 is 0 Å². The number of nitrogens with two attached hydrogens (primary N) is 1. The SMILES string of the molecule is COC(OC)C(C)(CN)Nc1ccc(C)cc1. The van der Waals surface area contributed by atoms with Crippen molar-refractivity contribution in [3.05, 3.63) is 29.8 Å². The second kappa shape index (κ2) is 6.00. The molecule has 0 aliphatic rings. The summed E-state index contributed by atoms with van der Waals surface area (Å²) in [5, 5.41) is 3.36. The van der Waals surface area contributed by atoms with Crippen molar-refractivity contribution in [1.29, 1.82) is 0 Å². The lowest BCUT2D eigenvalue weighted by Crippen LogP contribution is -2.54. The molecule has 0 amide bonds. The van der Waals surface area contributed by atoms with Gasteiger partial charge in [-0.25, -0.2) is 0 Å². The summed E-state index contributed by atoms with van der Waals surface area (Å²) in [6.07, 6.45) is -0.395. The number of anilines is 1. The second-order valence-electron chi connectivity index (χ2n) is 4.42. The molecule has 0 aliphatic heterocycles. The average Bonchev–Trinajstić information content (AvgIpc) is 2.33. The number of benzene rings is 1. The number of aryl methyl sites for hydroxylation is 1. The summed E-state index contributed by atoms with van der Waals surface area (Å²) in [6.45, 7) is 4.44. The van der Waals surface area contributed by atoms with Gasteiger partial charge in [0.1, 0.15) is 0 Å². The summed E-state index contributed by atoms with van der Waals surface area (Å²) in [7, 11) is 3.22. The number of rotatable bonds is 6. The van der Waals surface area contributed by atoms with Crippen molar-refractivity contribution < 1.29 is 9.47 Å². The average molecular weight is 238 g/mol. The van der Waals surface area contributed by atoms with Crippen LogP contribution in [0.4, 0.5) is 5.69 Å². The topological polar surface area (TPSA) is 56.5 Å². The van der Waals surface area contributed by atoms with Gasteiger partial charge in [0.2, 0.25) is 0 Å². The highest BCUT2D eigenvalue weighted by Crippen LogP contribution is 2.20. The summed E-state index contributed by atoms with van der Waals surface area (Å²) in [4.78, 5) is 0. The first-order chi connectivity index (χ1) is 8.05. The Balaban J connectivity index is 2.84. The van der Waals surface area contributed by atoms with Crippen LogP contribution in [-0.4, -0.2) is 32.6 Å². The summed E-state index contributed by atoms with van der Waals surface area (Å²) in [6, 6.07) is 8.14. The van der Waals surface area contributed by atoms with E-state index in [1.165, 1.54) is 5.56 Å². The van der Waals surface area contributed by atoms with Gasteiger partial charge in [0.05, 0.1) is 5.54 Å². The van der Waals surface area contributed by atoms with Crippen molar-refractivity contribution in [2.45, 2.75) is 25.7 Å². The van der Waals surface area contributed by atoms with Crippen molar-refractivity contribution in [1.82, 2.24) is 0 Å². The number of hydrogen-bond donors (Lipinski definition) is 2. The molecule has 0 heterocycles. The molecule has 4 heteroatoms. The van der Waals surface area contributed by atoms with Crippen LogP contribution in [0.3, 0.4) is 0 Å². The third-order valence-corrected chi connectivity index (χ3v) is 2.85. The number of nitrogens with one attached hydrogen (secondary N) is 1. The first-order valence-corrected chi connectivity index (χ1v) is 5.66. The summed E-state index contributed by atoms with van der Waals surface area (Å²) < 4.78 is 10.6. The van der Waals surface area contributed by atoms with E-state index in [9.17, 15) is 0 Å². The monoisotopic (exact) mass is 238 g/mol. The van der Waals surface area contributed by atoms with Crippen molar-refractivity contribution in [2.75, 3.05) is 26.1 Å². The fourth-order valence-corrected chi connectivity index (χ4v) is 1.79. The molecule has 0 fully saturated rings.